The molecule has 0 saturated carbocycles. The van der Waals surface area contributed by atoms with Gasteiger partial charge >= 0.3 is 0 Å². The van der Waals surface area contributed by atoms with Crippen molar-refractivity contribution in [2.75, 3.05) is 0 Å². The second-order valence-corrected chi connectivity index (χ2v) is 9.11. The number of carbonyl (C=O) groups is 3. The number of phenolic OH excluding ortho intramolecular Hbond substituents is 1. The normalized spacial score (nSPS) is 24.0. The molecule has 2 aromatic carbocycles. The van der Waals surface area contributed by atoms with Crippen molar-refractivity contribution in [2.24, 2.45) is 29.2 Å². The molecule has 3 aliphatic carbocycles. The number of aliphatic hydroxyl groups is 2. The van der Waals surface area contributed by atoms with Crippen molar-refractivity contribution in [3.8, 4) is 16.9 Å². The van der Waals surface area contributed by atoms with Gasteiger partial charge in [0.25, 0.3) is 5.91 Å². The highest BCUT2D eigenvalue weighted by Gasteiger charge is 2.50. The standard InChI is InChI=1S/C26H24N2O6/c27-10-14-8-15(11-4-2-1-3-5-11)16-7-12-6-13-9-17(29)21(26(28)34)25(33)19(13)23(31)18(12)24(32)20(16)22(14)30/h1-5,8,12-13,19,29-31H,6-7,9-10,27H2,(H2,28,34). The summed E-state index contributed by atoms with van der Waals surface area (Å²) in [7, 11) is 0. The first kappa shape index (κ1) is 21.9. The molecule has 3 atom stereocenters. The van der Waals surface area contributed by atoms with Gasteiger partial charge in [-0.25, -0.2) is 0 Å². The first-order valence-corrected chi connectivity index (χ1v) is 11.1. The average Bonchev–Trinajstić information content (AvgIpc) is 2.79. The molecule has 8 nitrogen and oxygen atoms in total. The van der Waals surface area contributed by atoms with Gasteiger partial charge in [-0.3, -0.25) is 14.4 Å². The van der Waals surface area contributed by atoms with Crippen LogP contribution in [0, 0.1) is 17.8 Å². The third-order valence-electron chi connectivity index (χ3n) is 7.27. The molecule has 8 heteroatoms. The molecule has 0 radical (unpaired) electrons. The summed E-state index contributed by atoms with van der Waals surface area (Å²) in [6, 6.07) is 11.2. The van der Waals surface area contributed by atoms with Crippen molar-refractivity contribution in [1.29, 1.82) is 0 Å². The number of benzene rings is 2. The Labute approximate surface area is 195 Å². The first-order chi connectivity index (χ1) is 16.2. The molecule has 0 aromatic heterocycles. The highest BCUT2D eigenvalue weighted by Crippen LogP contribution is 2.51. The Bertz CT molecular complexity index is 1320. The second-order valence-electron chi connectivity index (χ2n) is 9.11. The minimum absolute atomic E-state index is 0.00642. The van der Waals surface area contributed by atoms with Gasteiger partial charge in [0.1, 0.15) is 22.8 Å². The van der Waals surface area contributed by atoms with E-state index in [-0.39, 0.29) is 35.6 Å². The van der Waals surface area contributed by atoms with Crippen LogP contribution in [0.4, 0.5) is 0 Å². The van der Waals surface area contributed by atoms with Gasteiger partial charge < -0.3 is 26.8 Å². The van der Waals surface area contributed by atoms with Crippen LogP contribution in [0.3, 0.4) is 0 Å². The molecule has 0 fully saturated rings. The lowest BCUT2D eigenvalue weighted by Crippen LogP contribution is -2.43. The largest absolute Gasteiger partial charge is 0.511 e. The van der Waals surface area contributed by atoms with Crippen LogP contribution in [0.2, 0.25) is 0 Å². The number of aliphatic hydroxyl groups excluding tert-OH is 2. The maximum Gasteiger partial charge on any atom is 0.255 e. The summed E-state index contributed by atoms with van der Waals surface area (Å²) >= 11 is 0. The number of ketones is 2. The number of primary amides is 1. The molecule has 0 saturated heterocycles. The Kier molecular flexibility index (Phi) is 5.06. The third kappa shape index (κ3) is 3.06. The van der Waals surface area contributed by atoms with Crippen LogP contribution < -0.4 is 11.5 Å². The van der Waals surface area contributed by atoms with Crippen molar-refractivity contribution in [3.05, 3.63) is 75.8 Å². The van der Waals surface area contributed by atoms with Gasteiger partial charge in [-0.15, -0.1) is 0 Å². The van der Waals surface area contributed by atoms with Gasteiger partial charge in [-0.2, -0.15) is 0 Å². The molecule has 0 spiro atoms. The van der Waals surface area contributed by atoms with E-state index < -0.39 is 46.6 Å². The Morgan fingerprint density at radius 2 is 1.76 bits per heavy atom. The number of hydrogen-bond donors (Lipinski definition) is 5. The number of hydrogen-bond acceptors (Lipinski definition) is 7. The van der Waals surface area contributed by atoms with E-state index in [1.54, 1.807) is 6.07 Å². The van der Waals surface area contributed by atoms with E-state index in [9.17, 15) is 29.7 Å². The molecule has 2 aromatic rings. The van der Waals surface area contributed by atoms with Gasteiger partial charge in [0.05, 0.1) is 11.5 Å². The number of phenols is 1. The zero-order chi connectivity index (χ0) is 24.3. The predicted molar refractivity (Wildman–Crippen MR) is 123 cm³/mol. The topological polar surface area (TPSA) is 164 Å². The van der Waals surface area contributed by atoms with Gasteiger partial charge in [0.15, 0.2) is 11.6 Å². The van der Waals surface area contributed by atoms with Gasteiger partial charge in [-0.05, 0) is 47.4 Å². The minimum Gasteiger partial charge on any atom is -0.511 e. The summed E-state index contributed by atoms with van der Waals surface area (Å²) < 4.78 is 0. The number of Topliss-reactive ketones (excluding diaryl/α,β-unsaturated/α-hetero) is 2. The third-order valence-corrected chi connectivity index (χ3v) is 7.27. The highest BCUT2D eigenvalue weighted by atomic mass is 16.3. The van der Waals surface area contributed by atoms with Crippen molar-refractivity contribution >= 4 is 17.5 Å². The number of allylic oxidation sites excluding steroid dienone is 3. The van der Waals surface area contributed by atoms with Crippen LogP contribution in [0.1, 0.15) is 34.3 Å². The van der Waals surface area contributed by atoms with Crippen molar-refractivity contribution in [1.82, 2.24) is 0 Å². The Morgan fingerprint density at radius 3 is 2.41 bits per heavy atom. The van der Waals surface area contributed by atoms with E-state index in [0.717, 1.165) is 11.1 Å². The van der Waals surface area contributed by atoms with E-state index in [4.69, 9.17) is 11.5 Å². The summed E-state index contributed by atoms with van der Waals surface area (Å²) in [5.41, 5.74) is 13.4. The molecule has 174 valence electrons. The zero-order valence-corrected chi connectivity index (χ0v) is 18.2. The maximum absolute atomic E-state index is 13.7. The minimum atomic E-state index is -1.14. The van der Waals surface area contributed by atoms with E-state index in [1.165, 1.54) is 0 Å². The second kappa shape index (κ2) is 7.85. The Morgan fingerprint density at radius 1 is 1.06 bits per heavy atom. The Balaban J connectivity index is 1.69. The van der Waals surface area contributed by atoms with E-state index in [0.29, 0.717) is 24.0 Å². The summed E-state index contributed by atoms with van der Waals surface area (Å²) in [5.74, 6) is -5.46. The zero-order valence-electron chi connectivity index (χ0n) is 18.2. The summed E-state index contributed by atoms with van der Waals surface area (Å²) in [6.07, 6.45) is 0.713. The van der Waals surface area contributed by atoms with Crippen LogP contribution in [-0.4, -0.2) is 32.8 Å². The lowest BCUT2D eigenvalue weighted by atomic mass is 9.62. The monoisotopic (exact) mass is 460 g/mol. The molecule has 3 aliphatic rings. The molecule has 7 N–H and O–H groups in total. The van der Waals surface area contributed by atoms with Crippen LogP contribution in [-0.2, 0) is 22.6 Å². The predicted octanol–water partition coefficient (Wildman–Crippen LogP) is 2.59. The van der Waals surface area contributed by atoms with Crippen molar-refractivity contribution in [2.45, 2.75) is 25.8 Å². The SMILES string of the molecule is NCc1cc(-c2ccccc2)c2c(c1O)C(=O)C1=C(O)C3C(=O)C(C(N)=O)=C(O)CC3CC1C2. The molecular weight excluding hydrogens is 436 g/mol. The molecule has 0 aliphatic heterocycles. The number of carbonyl (C=O) groups excluding carboxylic acids is 3. The lowest BCUT2D eigenvalue weighted by molar-refractivity contribution is -0.126. The van der Waals surface area contributed by atoms with Crippen LogP contribution in [0.25, 0.3) is 11.1 Å². The molecule has 0 bridgehead atoms. The maximum atomic E-state index is 13.7. The number of rotatable bonds is 3. The van der Waals surface area contributed by atoms with E-state index in [1.807, 2.05) is 30.3 Å². The van der Waals surface area contributed by atoms with E-state index in [2.05, 4.69) is 0 Å². The van der Waals surface area contributed by atoms with Crippen LogP contribution in [0.15, 0.2) is 59.1 Å². The number of aromatic hydroxyl groups is 1. The van der Waals surface area contributed by atoms with Gasteiger partial charge in [0, 0.05) is 24.1 Å². The molecular formula is C26H24N2O6. The fourth-order valence-electron chi connectivity index (χ4n) is 5.79. The average molecular weight is 460 g/mol. The molecule has 3 unspecified atom stereocenters. The molecule has 5 rings (SSSR count). The van der Waals surface area contributed by atoms with E-state index >= 15 is 0 Å². The Hall–Kier alpha value is -3.91. The molecule has 34 heavy (non-hydrogen) atoms. The fraction of sp³-hybridized carbons (Fsp3) is 0.269. The highest BCUT2D eigenvalue weighted by molar-refractivity contribution is 6.22. The smallest absolute Gasteiger partial charge is 0.255 e. The first-order valence-electron chi connectivity index (χ1n) is 11.1. The quantitative estimate of drug-likeness (QED) is 0.439. The number of amides is 1. The molecule has 1 amide bonds. The van der Waals surface area contributed by atoms with Crippen molar-refractivity contribution < 1.29 is 29.7 Å². The summed E-state index contributed by atoms with van der Waals surface area (Å²) in [4.78, 5) is 38.4. The van der Waals surface area contributed by atoms with Crippen molar-refractivity contribution in [3.63, 3.8) is 0 Å². The van der Waals surface area contributed by atoms with Crippen LogP contribution in [0.5, 0.6) is 5.75 Å². The van der Waals surface area contributed by atoms with Gasteiger partial charge in [0.2, 0.25) is 0 Å². The lowest BCUT2D eigenvalue weighted by Gasteiger charge is -2.41. The number of nitrogens with two attached hydrogens (primary N) is 2. The number of fused-ring (bicyclic) bond motifs is 3. The summed E-state index contributed by atoms with van der Waals surface area (Å²) in [5, 5.41) is 32.3. The fourth-order valence-corrected chi connectivity index (χ4v) is 5.79. The van der Waals surface area contributed by atoms with Gasteiger partial charge in [-0.1, -0.05) is 30.3 Å². The van der Waals surface area contributed by atoms with Crippen LogP contribution >= 0.6 is 0 Å². The molecule has 0 heterocycles. The summed E-state index contributed by atoms with van der Waals surface area (Å²) in [6.45, 7) is 0.00983.